The van der Waals surface area contributed by atoms with Gasteiger partial charge in [-0.25, -0.2) is 4.39 Å². The molecule has 0 bridgehead atoms. The van der Waals surface area contributed by atoms with Crippen molar-refractivity contribution < 1.29 is 13.9 Å². The van der Waals surface area contributed by atoms with Crippen molar-refractivity contribution >= 4 is 0 Å². The van der Waals surface area contributed by atoms with Gasteiger partial charge in [-0.1, -0.05) is 25.1 Å². The van der Waals surface area contributed by atoms with E-state index in [4.69, 9.17) is 15.2 Å². The lowest BCUT2D eigenvalue weighted by atomic mass is 9.99. The van der Waals surface area contributed by atoms with Gasteiger partial charge in [0.25, 0.3) is 0 Å². The minimum atomic E-state index is -0.517. The van der Waals surface area contributed by atoms with E-state index in [9.17, 15) is 4.39 Å². The van der Waals surface area contributed by atoms with Gasteiger partial charge < -0.3 is 15.2 Å². The molecule has 2 aromatic carbocycles. The number of hydrogen-bond acceptors (Lipinski definition) is 3. The van der Waals surface area contributed by atoms with E-state index in [2.05, 4.69) is 6.92 Å². The fourth-order valence-corrected chi connectivity index (χ4v) is 2.06. The van der Waals surface area contributed by atoms with Crippen LogP contribution in [-0.2, 0) is 0 Å². The van der Waals surface area contributed by atoms with Crippen molar-refractivity contribution in [2.24, 2.45) is 5.73 Å². The molecule has 21 heavy (non-hydrogen) atoms. The third-order valence-electron chi connectivity index (χ3n) is 3.25. The number of methoxy groups -OCH3 is 1. The van der Waals surface area contributed by atoms with Gasteiger partial charge in [0, 0.05) is 11.6 Å². The van der Waals surface area contributed by atoms with Crippen molar-refractivity contribution in [3.63, 3.8) is 0 Å². The zero-order chi connectivity index (χ0) is 15.2. The molecule has 112 valence electrons. The summed E-state index contributed by atoms with van der Waals surface area (Å²) in [7, 11) is 1.50. The van der Waals surface area contributed by atoms with Crippen LogP contribution in [0.1, 0.15) is 30.5 Å². The molecule has 2 N–H and O–H groups in total. The summed E-state index contributed by atoms with van der Waals surface area (Å²) in [5.41, 5.74) is 7.42. The van der Waals surface area contributed by atoms with Gasteiger partial charge in [0.1, 0.15) is 17.3 Å². The maximum atomic E-state index is 14.0. The Kier molecular flexibility index (Phi) is 5.17. The highest BCUT2D eigenvalue weighted by atomic mass is 19.1. The van der Waals surface area contributed by atoms with Gasteiger partial charge in [0.05, 0.1) is 19.8 Å². The summed E-state index contributed by atoms with van der Waals surface area (Å²) in [5, 5.41) is 0. The first kappa shape index (κ1) is 15.3. The standard InChI is InChI=1S/C17H20FNO2/c1-3-10-21-13-6-4-12(5-7-13)17(19)15-9-8-14(20-2)11-16(15)18/h4-9,11,17H,3,10,19H2,1-2H3. The summed E-state index contributed by atoms with van der Waals surface area (Å²) < 4.78 is 24.5. The Bertz CT molecular complexity index is 584. The molecule has 4 heteroatoms. The van der Waals surface area contributed by atoms with Crippen LogP contribution in [0.4, 0.5) is 4.39 Å². The lowest BCUT2D eigenvalue weighted by Crippen LogP contribution is -2.13. The van der Waals surface area contributed by atoms with Crippen LogP contribution in [0.25, 0.3) is 0 Å². The molecule has 0 saturated heterocycles. The van der Waals surface area contributed by atoms with Crippen molar-refractivity contribution in [3.05, 3.63) is 59.4 Å². The quantitative estimate of drug-likeness (QED) is 0.882. The maximum absolute atomic E-state index is 14.0. The molecule has 0 saturated carbocycles. The SMILES string of the molecule is CCCOc1ccc(C(N)c2ccc(OC)cc2F)cc1. The van der Waals surface area contributed by atoms with Crippen molar-refractivity contribution in [3.8, 4) is 11.5 Å². The first-order chi connectivity index (χ1) is 10.2. The number of halogens is 1. The zero-order valence-electron chi connectivity index (χ0n) is 12.3. The third kappa shape index (κ3) is 3.73. The van der Waals surface area contributed by atoms with Crippen LogP contribution >= 0.6 is 0 Å². The lowest BCUT2D eigenvalue weighted by molar-refractivity contribution is 0.317. The van der Waals surface area contributed by atoms with Crippen LogP contribution in [0, 0.1) is 5.82 Å². The first-order valence-electron chi connectivity index (χ1n) is 6.97. The van der Waals surface area contributed by atoms with Crippen LogP contribution in [-0.4, -0.2) is 13.7 Å². The van der Waals surface area contributed by atoms with Crippen LogP contribution in [0.5, 0.6) is 11.5 Å². The van der Waals surface area contributed by atoms with Gasteiger partial charge in [0.2, 0.25) is 0 Å². The van der Waals surface area contributed by atoms with E-state index in [0.29, 0.717) is 17.9 Å². The van der Waals surface area contributed by atoms with E-state index in [1.54, 1.807) is 12.1 Å². The Morgan fingerprint density at radius 2 is 1.76 bits per heavy atom. The van der Waals surface area contributed by atoms with Crippen LogP contribution < -0.4 is 15.2 Å². The molecule has 1 atom stereocenters. The highest BCUT2D eigenvalue weighted by Gasteiger charge is 2.14. The van der Waals surface area contributed by atoms with Gasteiger partial charge in [-0.2, -0.15) is 0 Å². The Hall–Kier alpha value is -2.07. The Balaban J connectivity index is 2.17. The number of hydrogen-bond donors (Lipinski definition) is 1. The Morgan fingerprint density at radius 1 is 1.10 bits per heavy atom. The van der Waals surface area contributed by atoms with Gasteiger partial charge >= 0.3 is 0 Å². The molecule has 0 radical (unpaired) electrons. The average Bonchev–Trinajstić information content (AvgIpc) is 2.52. The molecule has 0 aromatic heterocycles. The van der Waals surface area contributed by atoms with E-state index in [1.807, 2.05) is 24.3 Å². The number of nitrogens with two attached hydrogens (primary N) is 1. The fourth-order valence-electron chi connectivity index (χ4n) is 2.06. The monoisotopic (exact) mass is 289 g/mol. The molecular weight excluding hydrogens is 269 g/mol. The molecule has 0 heterocycles. The summed E-state index contributed by atoms with van der Waals surface area (Å²) in [4.78, 5) is 0. The molecule has 2 aromatic rings. The summed E-state index contributed by atoms with van der Waals surface area (Å²) in [6.07, 6.45) is 0.957. The number of benzene rings is 2. The molecule has 0 aliphatic heterocycles. The summed E-state index contributed by atoms with van der Waals surface area (Å²) >= 11 is 0. The van der Waals surface area contributed by atoms with E-state index < -0.39 is 6.04 Å². The zero-order valence-corrected chi connectivity index (χ0v) is 12.3. The van der Waals surface area contributed by atoms with E-state index in [-0.39, 0.29) is 5.82 Å². The first-order valence-corrected chi connectivity index (χ1v) is 6.97. The van der Waals surface area contributed by atoms with Gasteiger partial charge in [-0.3, -0.25) is 0 Å². The maximum Gasteiger partial charge on any atom is 0.132 e. The second kappa shape index (κ2) is 7.09. The molecular formula is C17H20FNO2. The molecule has 0 aliphatic carbocycles. The molecule has 2 rings (SSSR count). The van der Waals surface area contributed by atoms with Crippen LogP contribution in [0.15, 0.2) is 42.5 Å². The average molecular weight is 289 g/mol. The van der Waals surface area contributed by atoms with Crippen molar-refractivity contribution in [1.29, 1.82) is 0 Å². The van der Waals surface area contributed by atoms with Gasteiger partial charge in [0.15, 0.2) is 0 Å². The van der Waals surface area contributed by atoms with E-state index >= 15 is 0 Å². The van der Waals surface area contributed by atoms with Crippen molar-refractivity contribution in [1.82, 2.24) is 0 Å². The number of ether oxygens (including phenoxy) is 2. The molecule has 3 nitrogen and oxygen atoms in total. The Morgan fingerprint density at radius 3 is 2.33 bits per heavy atom. The topological polar surface area (TPSA) is 44.5 Å². The molecule has 1 unspecified atom stereocenters. The number of rotatable bonds is 6. The second-order valence-corrected chi connectivity index (χ2v) is 4.78. The van der Waals surface area contributed by atoms with Crippen LogP contribution in [0.2, 0.25) is 0 Å². The fraction of sp³-hybridized carbons (Fsp3) is 0.294. The molecule has 0 aliphatic rings. The third-order valence-corrected chi connectivity index (χ3v) is 3.25. The predicted octanol–water partition coefficient (Wildman–Crippen LogP) is 3.67. The Labute approximate surface area is 124 Å². The summed E-state index contributed by atoms with van der Waals surface area (Å²) in [5.74, 6) is 0.905. The predicted molar refractivity (Wildman–Crippen MR) is 81.2 cm³/mol. The molecule has 0 spiro atoms. The normalized spacial score (nSPS) is 12.0. The van der Waals surface area contributed by atoms with Crippen molar-refractivity contribution in [2.75, 3.05) is 13.7 Å². The summed E-state index contributed by atoms with van der Waals surface area (Å²) in [6.45, 7) is 2.73. The van der Waals surface area contributed by atoms with Crippen LogP contribution in [0.3, 0.4) is 0 Å². The summed E-state index contributed by atoms with van der Waals surface area (Å²) in [6, 6.07) is 11.6. The lowest BCUT2D eigenvalue weighted by Gasteiger charge is -2.15. The largest absolute Gasteiger partial charge is 0.497 e. The molecule has 0 amide bonds. The van der Waals surface area contributed by atoms with E-state index in [1.165, 1.54) is 13.2 Å². The van der Waals surface area contributed by atoms with Crippen molar-refractivity contribution in [2.45, 2.75) is 19.4 Å². The minimum absolute atomic E-state index is 0.367. The second-order valence-electron chi connectivity index (χ2n) is 4.78. The highest BCUT2D eigenvalue weighted by molar-refractivity contribution is 5.38. The molecule has 0 fully saturated rings. The highest BCUT2D eigenvalue weighted by Crippen LogP contribution is 2.26. The smallest absolute Gasteiger partial charge is 0.132 e. The van der Waals surface area contributed by atoms with Gasteiger partial charge in [-0.05, 0) is 30.2 Å². The minimum Gasteiger partial charge on any atom is -0.497 e. The van der Waals surface area contributed by atoms with E-state index in [0.717, 1.165) is 17.7 Å². The van der Waals surface area contributed by atoms with Gasteiger partial charge in [-0.15, -0.1) is 0 Å².